The summed E-state index contributed by atoms with van der Waals surface area (Å²) in [6.07, 6.45) is 0.709. The van der Waals surface area contributed by atoms with Crippen molar-refractivity contribution in [2.24, 2.45) is 0 Å². The summed E-state index contributed by atoms with van der Waals surface area (Å²) < 4.78 is 21.0. The van der Waals surface area contributed by atoms with Gasteiger partial charge in [0.25, 0.3) is 0 Å². The number of carbonyl (C=O) groups excluding carboxylic acids is 1. The molecular formula is C23H23FN4O3S. The number of thioether (sulfide) groups is 1. The van der Waals surface area contributed by atoms with Crippen LogP contribution in [0.25, 0.3) is 0 Å². The first-order chi connectivity index (χ1) is 15.5. The van der Waals surface area contributed by atoms with E-state index in [2.05, 4.69) is 15.4 Å². The van der Waals surface area contributed by atoms with Crippen LogP contribution in [0.15, 0.2) is 65.0 Å². The molecule has 0 saturated carbocycles. The number of allylic oxidation sites excluding steroid dienone is 1. The summed E-state index contributed by atoms with van der Waals surface area (Å²) in [4.78, 5) is 17.4. The van der Waals surface area contributed by atoms with Crippen LogP contribution in [0.3, 0.4) is 0 Å². The maximum Gasteiger partial charge on any atom is 0.338 e. The van der Waals surface area contributed by atoms with Gasteiger partial charge in [-0.3, -0.25) is 0 Å². The number of nitrogens with one attached hydrogen (secondary N) is 1. The van der Waals surface area contributed by atoms with Crippen molar-refractivity contribution in [3.63, 3.8) is 0 Å². The SMILES string of the molecule is CCCOC(=O)C1=C(C)Nc2nc(SCc3ccccc3F)nn2C1c1ccc(O)cc1. The predicted octanol–water partition coefficient (Wildman–Crippen LogP) is 4.66. The summed E-state index contributed by atoms with van der Waals surface area (Å²) >= 11 is 1.31. The zero-order valence-corrected chi connectivity index (χ0v) is 18.5. The number of rotatable bonds is 7. The van der Waals surface area contributed by atoms with Crippen LogP contribution >= 0.6 is 11.8 Å². The van der Waals surface area contributed by atoms with E-state index in [0.717, 1.165) is 5.56 Å². The van der Waals surface area contributed by atoms with Gasteiger partial charge in [-0.15, -0.1) is 5.10 Å². The number of aromatic hydroxyl groups is 1. The molecule has 1 unspecified atom stereocenters. The standard InChI is InChI=1S/C23H23FN4O3S/c1-3-12-31-21(30)19-14(2)25-22-26-23(32-13-16-6-4-5-7-18(16)24)27-28(22)20(19)15-8-10-17(29)11-9-15/h4-11,20,29H,3,12-13H2,1-2H3,(H,25,26,27). The van der Waals surface area contributed by atoms with Gasteiger partial charge < -0.3 is 15.2 Å². The Labute approximate surface area is 189 Å². The third kappa shape index (κ3) is 4.47. The van der Waals surface area contributed by atoms with Crippen LogP contribution in [0.4, 0.5) is 10.3 Å². The minimum atomic E-state index is -0.577. The van der Waals surface area contributed by atoms with Gasteiger partial charge in [0, 0.05) is 11.4 Å². The van der Waals surface area contributed by atoms with Crippen molar-refractivity contribution in [1.29, 1.82) is 0 Å². The Morgan fingerprint density at radius 1 is 1.25 bits per heavy atom. The first kappa shape index (κ1) is 21.9. The van der Waals surface area contributed by atoms with E-state index in [4.69, 9.17) is 4.74 Å². The molecule has 7 nitrogen and oxygen atoms in total. The van der Waals surface area contributed by atoms with Gasteiger partial charge in [-0.1, -0.05) is 49.0 Å². The van der Waals surface area contributed by atoms with Crippen molar-refractivity contribution in [2.75, 3.05) is 11.9 Å². The Bertz CT molecular complexity index is 1160. The lowest BCUT2D eigenvalue weighted by molar-refractivity contribution is -0.139. The normalized spacial score (nSPS) is 15.3. The Morgan fingerprint density at radius 2 is 2.00 bits per heavy atom. The molecule has 1 atom stereocenters. The predicted molar refractivity (Wildman–Crippen MR) is 120 cm³/mol. The lowest BCUT2D eigenvalue weighted by atomic mass is 9.96. The van der Waals surface area contributed by atoms with E-state index >= 15 is 0 Å². The van der Waals surface area contributed by atoms with Crippen LogP contribution in [0.2, 0.25) is 0 Å². The topological polar surface area (TPSA) is 89.3 Å². The van der Waals surface area contributed by atoms with E-state index in [1.807, 2.05) is 6.92 Å². The average molecular weight is 455 g/mol. The van der Waals surface area contributed by atoms with Crippen molar-refractivity contribution < 1.29 is 19.0 Å². The molecule has 2 N–H and O–H groups in total. The van der Waals surface area contributed by atoms with E-state index in [9.17, 15) is 14.3 Å². The molecule has 166 valence electrons. The van der Waals surface area contributed by atoms with E-state index in [-0.39, 0.29) is 11.6 Å². The van der Waals surface area contributed by atoms with Crippen molar-refractivity contribution in [3.8, 4) is 5.75 Å². The number of halogens is 1. The van der Waals surface area contributed by atoms with Crippen LogP contribution in [0.5, 0.6) is 5.75 Å². The molecule has 0 spiro atoms. The third-order valence-corrected chi connectivity index (χ3v) is 5.90. The molecule has 0 radical (unpaired) electrons. The van der Waals surface area contributed by atoms with Gasteiger partial charge in [0.05, 0.1) is 12.2 Å². The van der Waals surface area contributed by atoms with Crippen LogP contribution < -0.4 is 5.32 Å². The molecule has 0 bridgehead atoms. The highest BCUT2D eigenvalue weighted by Gasteiger charge is 2.35. The summed E-state index contributed by atoms with van der Waals surface area (Å²) in [6.45, 7) is 4.03. The van der Waals surface area contributed by atoms with Gasteiger partial charge in [0.2, 0.25) is 11.1 Å². The first-order valence-electron chi connectivity index (χ1n) is 10.2. The summed E-state index contributed by atoms with van der Waals surface area (Å²) in [7, 11) is 0. The van der Waals surface area contributed by atoms with E-state index in [0.29, 0.717) is 46.7 Å². The van der Waals surface area contributed by atoms with Crippen molar-refractivity contribution >= 4 is 23.7 Å². The number of ether oxygens (including phenoxy) is 1. The Hall–Kier alpha value is -3.33. The number of esters is 1. The zero-order valence-electron chi connectivity index (χ0n) is 17.7. The highest BCUT2D eigenvalue weighted by molar-refractivity contribution is 7.98. The number of hydrogen-bond acceptors (Lipinski definition) is 7. The average Bonchev–Trinajstić information content (AvgIpc) is 3.19. The fourth-order valence-corrected chi connectivity index (χ4v) is 4.27. The summed E-state index contributed by atoms with van der Waals surface area (Å²) in [5.41, 5.74) is 2.36. The summed E-state index contributed by atoms with van der Waals surface area (Å²) in [5, 5.41) is 17.9. The zero-order chi connectivity index (χ0) is 22.7. The Balaban J connectivity index is 1.68. The highest BCUT2D eigenvalue weighted by Crippen LogP contribution is 2.37. The number of carbonyl (C=O) groups is 1. The van der Waals surface area contributed by atoms with Gasteiger partial charge in [-0.2, -0.15) is 4.98 Å². The van der Waals surface area contributed by atoms with Crippen molar-refractivity contribution in [3.05, 3.63) is 76.7 Å². The molecular weight excluding hydrogens is 431 g/mol. The number of fused-ring (bicyclic) bond motifs is 1. The highest BCUT2D eigenvalue weighted by atomic mass is 32.2. The molecule has 0 saturated heterocycles. The quantitative estimate of drug-likeness (QED) is 0.397. The van der Waals surface area contributed by atoms with Gasteiger partial charge >= 0.3 is 5.97 Å². The molecule has 32 heavy (non-hydrogen) atoms. The molecule has 4 rings (SSSR count). The molecule has 3 aromatic rings. The minimum Gasteiger partial charge on any atom is -0.508 e. The van der Waals surface area contributed by atoms with Crippen LogP contribution in [-0.2, 0) is 15.3 Å². The number of hydrogen-bond donors (Lipinski definition) is 2. The number of phenols is 1. The Morgan fingerprint density at radius 3 is 2.72 bits per heavy atom. The number of phenolic OH excluding ortho intramolecular Hbond substituents is 1. The monoisotopic (exact) mass is 454 g/mol. The number of anilines is 1. The lowest BCUT2D eigenvalue weighted by Gasteiger charge is -2.28. The lowest BCUT2D eigenvalue weighted by Crippen LogP contribution is -2.29. The second kappa shape index (κ2) is 9.44. The summed E-state index contributed by atoms with van der Waals surface area (Å²) in [6, 6.07) is 12.6. The fourth-order valence-electron chi connectivity index (χ4n) is 3.45. The fraction of sp³-hybridized carbons (Fsp3) is 0.261. The number of nitrogens with zero attached hydrogens (tertiary/aromatic N) is 3. The summed E-state index contributed by atoms with van der Waals surface area (Å²) in [5.74, 6) is 0.263. The smallest absolute Gasteiger partial charge is 0.338 e. The molecule has 0 amide bonds. The van der Waals surface area contributed by atoms with Gasteiger partial charge in [-0.25, -0.2) is 13.9 Å². The maximum absolute atomic E-state index is 14.0. The van der Waals surface area contributed by atoms with Crippen LogP contribution in [-0.4, -0.2) is 32.4 Å². The number of aromatic nitrogens is 3. The molecule has 1 aromatic heterocycles. The minimum absolute atomic E-state index is 0.124. The molecule has 9 heteroatoms. The third-order valence-electron chi connectivity index (χ3n) is 5.01. The Kier molecular flexibility index (Phi) is 6.45. The van der Waals surface area contributed by atoms with Crippen molar-refractivity contribution in [1.82, 2.24) is 14.8 Å². The molecule has 2 heterocycles. The molecule has 1 aliphatic heterocycles. The number of benzene rings is 2. The molecule has 2 aromatic carbocycles. The molecule has 0 fully saturated rings. The molecule has 1 aliphatic rings. The van der Waals surface area contributed by atoms with Crippen molar-refractivity contribution in [2.45, 2.75) is 37.2 Å². The largest absolute Gasteiger partial charge is 0.508 e. The van der Waals surface area contributed by atoms with Crippen LogP contribution in [0, 0.1) is 5.82 Å². The van der Waals surface area contributed by atoms with E-state index < -0.39 is 12.0 Å². The van der Waals surface area contributed by atoms with Gasteiger partial charge in [-0.05, 0) is 42.7 Å². The second-order valence-corrected chi connectivity index (χ2v) is 8.28. The van der Waals surface area contributed by atoms with E-state index in [1.165, 1.54) is 17.8 Å². The first-order valence-corrected chi connectivity index (χ1v) is 11.2. The van der Waals surface area contributed by atoms with E-state index in [1.54, 1.807) is 54.1 Å². The van der Waals surface area contributed by atoms with Crippen LogP contribution in [0.1, 0.15) is 37.4 Å². The molecule has 0 aliphatic carbocycles. The second-order valence-electron chi connectivity index (χ2n) is 7.34. The van der Waals surface area contributed by atoms with Gasteiger partial charge in [0.15, 0.2) is 0 Å². The maximum atomic E-state index is 14.0. The van der Waals surface area contributed by atoms with Gasteiger partial charge in [0.1, 0.15) is 17.6 Å².